The van der Waals surface area contributed by atoms with Crippen LogP contribution < -0.4 is 0 Å². The fraction of sp³-hybridized carbons (Fsp3) is 0.417. The highest BCUT2D eigenvalue weighted by molar-refractivity contribution is 9.10. The number of amides is 1. The number of halogens is 1. The number of phenolic OH excluding ortho intramolecular Hbond substituents is 1. The fourth-order valence-electron chi connectivity index (χ4n) is 2.12. The third-order valence-electron chi connectivity index (χ3n) is 3.27. The number of hydrogen-bond donors (Lipinski definition) is 1. The molecule has 0 bridgehead atoms. The van der Waals surface area contributed by atoms with Crippen LogP contribution in [0.25, 0.3) is 0 Å². The van der Waals surface area contributed by atoms with Crippen molar-refractivity contribution in [1.82, 2.24) is 4.90 Å². The van der Waals surface area contributed by atoms with Gasteiger partial charge in [-0.1, -0.05) is 15.9 Å². The first-order chi connectivity index (χ1) is 8.80. The van der Waals surface area contributed by atoms with Crippen molar-refractivity contribution in [3.05, 3.63) is 28.2 Å². The van der Waals surface area contributed by atoms with E-state index in [1.807, 2.05) is 0 Å². The third-order valence-corrected chi connectivity index (χ3v) is 5.51. The Morgan fingerprint density at radius 2 is 2.16 bits per heavy atom. The van der Waals surface area contributed by atoms with Gasteiger partial charge in [0.2, 0.25) is 0 Å². The molecule has 19 heavy (non-hydrogen) atoms. The van der Waals surface area contributed by atoms with Gasteiger partial charge in [-0.3, -0.25) is 4.79 Å². The van der Waals surface area contributed by atoms with E-state index in [-0.39, 0.29) is 34.8 Å². The molecule has 1 aromatic rings. The Morgan fingerprint density at radius 3 is 2.74 bits per heavy atom. The van der Waals surface area contributed by atoms with E-state index in [0.29, 0.717) is 10.9 Å². The molecule has 0 spiro atoms. The van der Waals surface area contributed by atoms with Gasteiger partial charge in [-0.05, 0) is 24.6 Å². The van der Waals surface area contributed by atoms with Crippen molar-refractivity contribution in [3.8, 4) is 5.75 Å². The van der Waals surface area contributed by atoms with Crippen LogP contribution in [0.3, 0.4) is 0 Å². The van der Waals surface area contributed by atoms with Gasteiger partial charge in [-0.15, -0.1) is 0 Å². The summed E-state index contributed by atoms with van der Waals surface area (Å²) in [5, 5.41) is 9.71. The maximum atomic E-state index is 12.3. The number of sulfone groups is 1. The van der Waals surface area contributed by atoms with Gasteiger partial charge in [-0.25, -0.2) is 8.42 Å². The quantitative estimate of drug-likeness (QED) is 0.877. The second-order valence-corrected chi connectivity index (χ2v) is 7.78. The van der Waals surface area contributed by atoms with E-state index >= 15 is 0 Å². The van der Waals surface area contributed by atoms with Crippen molar-refractivity contribution in [3.63, 3.8) is 0 Å². The Labute approximate surface area is 120 Å². The van der Waals surface area contributed by atoms with Crippen molar-refractivity contribution in [2.45, 2.75) is 12.5 Å². The first kappa shape index (κ1) is 14.3. The second kappa shape index (κ2) is 5.13. The minimum absolute atomic E-state index is 0.00992. The molecule has 1 N–H and O–H groups in total. The number of aromatic hydroxyl groups is 1. The molecule has 0 aliphatic carbocycles. The molecule has 2 rings (SSSR count). The highest BCUT2D eigenvalue weighted by Gasteiger charge is 2.33. The van der Waals surface area contributed by atoms with Gasteiger partial charge in [0.15, 0.2) is 9.84 Å². The predicted molar refractivity (Wildman–Crippen MR) is 75.0 cm³/mol. The molecule has 7 heteroatoms. The number of carbonyl (C=O) groups excluding carboxylic acids is 1. The number of carbonyl (C=O) groups is 1. The van der Waals surface area contributed by atoms with E-state index in [9.17, 15) is 18.3 Å². The molecule has 1 saturated heterocycles. The lowest BCUT2D eigenvalue weighted by atomic mass is 10.1. The summed E-state index contributed by atoms with van der Waals surface area (Å²) in [6, 6.07) is 4.26. The Kier molecular flexibility index (Phi) is 3.87. The summed E-state index contributed by atoms with van der Waals surface area (Å²) < 4.78 is 23.5. The van der Waals surface area contributed by atoms with E-state index in [4.69, 9.17) is 0 Å². The summed E-state index contributed by atoms with van der Waals surface area (Å²) in [4.78, 5) is 13.7. The van der Waals surface area contributed by atoms with Gasteiger partial charge in [0, 0.05) is 17.6 Å². The normalized spacial score (nSPS) is 21.3. The third kappa shape index (κ3) is 3.09. The predicted octanol–water partition coefficient (Wildman–Crippen LogP) is 1.41. The summed E-state index contributed by atoms with van der Waals surface area (Å²) in [6.45, 7) is 0. The van der Waals surface area contributed by atoms with Crippen molar-refractivity contribution in [2.24, 2.45) is 0 Å². The van der Waals surface area contributed by atoms with Crippen LogP contribution in [-0.2, 0) is 9.84 Å². The van der Waals surface area contributed by atoms with Crippen molar-refractivity contribution < 1.29 is 18.3 Å². The van der Waals surface area contributed by atoms with Crippen molar-refractivity contribution in [1.29, 1.82) is 0 Å². The number of benzene rings is 1. The molecule has 1 aliphatic heterocycles. The Bertz CT molecular complexity index is 614. The van der Waals surface area contributed by atoms with E-state index in [1.165, 1.54) is 17.0 Å². The van der Waals surface area contributed by atoms with Crippen LogP contribution in [0.4, 0.5) is 0 Å². The molecule has 5 nitrogen and oxygen atoms in total. The van der Waals surface area contributed by atoms with E-state index in [2.05, 4.69) is 15.9 Å². The minimum atomic E-state index is -3.04. The van der Waals surface area contributed by atoms with E-state index in [1.54, 1.807) is 13.1 Å². The van der Waals surface area contributed by atoms with Gasteiger partial charge < -0.3 is 10.0 Å². The zero-order chi connectivity index (χ0) is 14.2. The van der Waals surface area contributed by atoms with Gasteiger partial charge in [0.25, 0.3) is 5.91 Å². The second-order valence-electron chi connectivity index (χ2n) is 4.63. The lowest BCUT2D eigenvalue weighted by molar-refractivity contribution is 0.0744. The molecule has 1 amide bonds. The minimum Gasteiger partial charge on any atom is -0.507 e. The smallest absolute Gasteiger partial charge is 0.257 e. The van der Waals surface area contributed by atoms with Gasteiger partial charge in [-0.2, -0.15) is 0 Å². The Hall–Kier alpha value is -1.08. The average molecular weight is 348 g/mol. The highest BCUT2D eigenvalue weighted by atomic mass is 79.9. The molecule has 1 atom stereocenters. The van der Waals surface area contributed by atoms with Crippen molar-refractivity contribution >= 4 is 31.7 Å². The molecular weight excluding hydrogens is 334 g/mol. The van der Waals surface area contributed by atoms with Crippen LogP contribution in [0.1, 0.15) is 16.8 Å². The first-order valence-corrected chi connectivity index (χ1v) is 8.38. The summed E-state index contributed by atoms with van der Waals surface area (Å²) >= 11 is 3.24. The van der Waals surface area contributed by atoms with Crippen LogP contribution in [0.5, 0.6) is 5.75 Å². The molecule has 0 saturated carbocycles. The zero-order valence-electron chi connectivity index (χ0n) is 10.3. The lowest BCUT2D eigenvalue weighted by Gasteiger charge is -2.23. The first-order valence-electron chi connectivity index (χ1n) is 5.76. The number of phenols is 1. The largest absolute Gasteiger partial charge is 0.507 e. The molecule has 1 aliphatic rings. The lowest BCUT2D eigenvalue weighted by Crippen LogP contribution is -2.37. The average Bonchev–Trinajstić information content (AvgIpc) is 2.71. The molecular formula is C12H14BrNO4S. The maximum absolute atomic E-state index is 12.3. The van der Waals surface area contributed by atoms with Crippen LogP contribution in [0.2, 0.25) is 0 Å². The molecule has 1 heterocycles. The molecule has 0 aromatic heterocycles. The topological polar surface area (TPSA) is 74.7 Å². The van der Waals surface area contributed by atoms with Crippen molar-refractivity contribution in [2.75, 3.05) is 18.6 Å². The van der Waals surface area contributed by atoms with Crippen LogP contribution in [0.15, 0.2) is 22.7 Å². The highest BCUT2D eigenvalue weighted by Crippen LogP contribution is 2.25. The zero-order valence-corrected chi connectivity index (χ0v) is 12.7. The van der Waals surface area contributed by atoms with Gasteiger partial charge in [0.05, 0.1) is 17.1 Å². The van der Waals surface area contributed by atoms with E-state index in [0.717, 1.165) is 0 Å². The monoisotopic (exact) mass is 347 g/mol. The Morgan fingerprint density at radius 1 is 1.47 bits per heavy atom. The number of hydrogen-bond acceptors (Lipinski definition) is 4. The fourth-order valence-corrected chi connectivity index (χ4v) is 4.25. The van der Waals surface area contributed by atoms with E-state index < -0.39 is 9.84 Å². The van der Waals surface area contributed by atoms with Gasteiger partial charge in [0.1, 0.15) is 5.75 Å². The standard InChI is InChI=1S/C12H14BrNO4S/c1-14(9-4-5-19(17,18)7-9)12(16)10-6-8(13)2-3-11(10)15/h2-3,6,9,15H,4-5,7H2,1H3/t9-/m1/s1. The summed E-state index contributed by atoms with van der Waals surface area (Å²) in [6.07, 6.45) is 0.444. The molecule has 0 unspecified atom stereocenters. The molecule has 1 aromatic carbocycles. The number of nitrogens with zero attached hydrogens (tertiary/aromatic N) is 1. The molecule has 1 fully saturated rings. The van der Waals surface area contributed by atoms with Gasteiger partial charge >= 0.3 is 0 Å². The molecule has 104 valence electrons. The number of rotatable bonds is 2. The molecule has 0 radical (unpaired) electrons. The van der Waals surface area contributed by atoms with Crippen LogP contribution in [0, 0.1) is 0 Å². The Balaban J connectivity index is 2.22. The summed E-state index contributed by atoms with van der Waals surface area (Å²) in [5.41, 5.74) is 0.168. The summed E-state index contributed by atoms with van der Waals surface area (Å²) in [5.74, 6) is -0.383. The van der Waals surface area contributed by atoms with Crippen LogP contribution >= 0.6 is 15.9 Å². The SMILES string of the molecule is CN(C(=O)c1cc(Br)ccc1O)[C@@H]1CCS(=O)(=O)C1. The van der Waals surface area contributed by atoms with Crippen LogP contribution in [-0.4, -0.2) is 48.9 Å². The summed E-state index contributed by atoms with van der Waals surface area (Å²) in [7, 11) is -1.48. The maximum Gasteiger partial charge on any atom is 0.257 e.